The van der Waals surface area contributed by atoms with Crippen LogP contribution in [0.15, 0.2) is 24.3 Å². The molecule has 0 radical (unpaired) electrons. The van der Waals surface area contributed by atoms with Gasteiger partial charge in [-0.2, -0.15) is 0 Å². The van der Waals surface area contributed by atoms with Crippen molar-refractivity contribution in [3.8, 4) is 5.75 Å². The number of benzene rings is 1. The molecular weight excluding hydrogens is 265 g/mol. The molecule has 1 rings (SSSR count). The Morgan fingerprint density at radius 3 is 2.35 bits per heavy atom. The Balaban J connectivity index is 2.66. The van der Waals surface area contributed by atoms with Crippen LogP contribution in [-0.2, 0) is 14.6 Å². The lowest BCUT2D eigenvalue weighted by atomic mass is 10.2. The highest BCUT2D eigenvalue weighted by molar-refractivity contribution is 7.89. The second-order valence-corrected chi connectivity index (χ2v) is 7.22. The van der Waals surface area contributed by atoms with Gasteiger partial charge in [0.2, 0.25) is 10.0 Å². The Morgan fingerprint density at radius 2 is 1.88 bits per heavy atom. The Hall–Kier alpha value is -0.880. The van der Waals surface area contributed by atoms with Gasteiger partial charge in [-0.25, -0.2) is 17.7 Å². The molecule has 0 spiro atoms. The molecular formula is C9H14NO5PS. The van der Waals surface area contributed by atoms with Crippen LogP contribution in [0.2, 0.25) is 0 Å². The predicted octanol–water partition coefficient (Wildman–Crippen LogP) is 1.07. The summed E-state index contributed by atoms with van der Waals surface area (Å²) in [5.41, 5.74) is 0.986. The number of hydrogen-bond donors (Lipinski definition) is 2. The maximum atomic E-state index is 11.5. The van der Waals surface area contributed by atoms with Gasteiger partial charge < -0.3 is 9.42 Å². The van der Waals surface area contributed by atoms with E-state index < -0.39 is 23.9 Å². The van der Waals surface area contributed by atoms with Crippen molar-refractivity contribution in [1.29, 1.82) is 0 Å². The molecule has 0 bridgehead atoms. The second-order valence-electron chi connectivity index (χ2n) is 3.62. The van der Waals surface area contributed by atoms with Crippen LogP contribution < -0.4 is 9.25 Å². The predicted molar refractivity (Wildman–Crippen MR) is 64.5 cm³/mol. The summed E-state index contributed by atoms with van der Waals surface area (Å²) in [6.45, 7) is 1.87. The first-order chi connectivity index (χ1) is 7.68. The first-order valence-corrected chi connectivity index (χ1v) is 8.36. The van der Waals surface area contributed by atoms with Gasteiger partial charge in [0.25, 0.3) is 0 Å². The van der Waals surface area contributed by atoms with Crippen molar-refractivity contribution in [3.05, 3.63) is 29.8 Å². The third-order valence-electron chi connectivity index (χ3n) is 1.80. The molecule has 0 aromatic heterocycles. The van der Waals surface area contributed by atoms with Crippen molar-refractivity contribution in [2.24, 2.45) is 0 Å². The summed E-state index contributed by atoms with van der Waals surface area (Å²) < 4.78 is 39.8. The van der Waals surface area contributed by atoms with Crippen LogP contribution in [0.4, 0.5) is 0 Å². The summed E-state index contributed by atoms with van der Waals surface area (Å²) in [6.07, 6.45) is 0.249. The highest BCUT2D eigenvalue weighted by atomic mass is 32.2. The molecule has 6 nitrogen and oxygen atoms in total. The fourth-order valence-electron chi connectivity index (χ4n) is 0.995. The topological polar surface area (TPSA) is 92.7 Å². The summed E-state index contributed by atoms with van der Waals surface area (Å²) in [5.74, 6) is 0.219. The molecule has 17 heavy (non-hydrogen) atoms. The quantitative estimate of drug-likeness (QED) is 0.786. The average molecular weight is 279 g/mol. The molecule has 2 N–H and O–H groups in total. The van der Waals surface area contributed by atoms with Crippen molar-refractivity contribution < 1.29 is 22.4 Å². The molecule has 0 amide bonds. The fraction of sp³-hybridized carbons (Fsp3) is 0.333. The van der Waals surface area contributed by atoms with Gasteiger partial charge in [-0.3, -0.25) is 0 Å². The summed E-state index contributed by atoms with van der Waals surface area (Å²) >= 11 is 0. The van der Waals surface area contributed by atoms with Crippen LogP contribution >= 0.6 is 7.60 Å². The van der Waals surface area contributed by atoms with Gasteiger partial charge in [-0.1, -0.05) is 17.7 Å². The van der Waals surface area contributed by atoms with Gasteiger partial charge in [-0.05, 0) is 19.1 Å². The standard InChI is InChI=1S/C9H14NO5PS/c1-8-3-5-9(6-4-8)15-16(11,12)7-10-17(2,13)14/h3-6,10H,7H2,1-2H3,(H,11,12). The summed E-state index contributed by atoms with van der Waals surface area (Å²) in [6, 6.07) is 6.52. The van der Waals surface area contributed by atoms with Gasteiger partial charge >= 0.3 is 7.60 Å². The number of aryl methyl sites for hydroxylation is 1. The molecule has 0 heterocycles. The zero-order valence-corrected chi connectivity index (χ0v) is 11.2. The Bertz CT molecular complexity index is 525. The van der Waals surface area contributed by atoms with Crippen LogP contribution in [-0.4, -0.2) is 25.9 Å². The minimum absolute atomic E-state index is 0.219. The van der Waals surface area contributed by atoms with Gasteiger partial charge in [-0.15, -0.1) is 0 Å². The van der Waals surface area contributed by atoms with E-state index in [9.17, 15) is 17.9 Å². The molecule has 0 saturated carbocycles. The molecule has 1 unspecified atom stereocenters. The number of rotatable bonds is 5. The Morgan fingerprint density at radius 1 is 1.35 bits per heavy atom. The Labute approximate surface area is 100 Å². The van der Waals surface area contributed by atoms with Crippen molar-refractivity contribution in [2.75, 3.05) is 12.5 Å². The van der Waals surface area contributed by atoms with E-state index in [1.165, 1.54) is 0 Å². The van der Waals surface area contributed by atoms with E-state index in [2.05, 4.69) is 0 Å². The van der Waals surface area contributed by atoms with Crippen LogP contribution in [0.5, 0.6) is 5.75 Å². The number of hydrogen-bond acceptors (Lipinski definition) is 4. The van der Waals surface area contributed by atoms with E-state index in [1.807, 2.05) is 11.6 Å². The first kappa shape index (κ1) is 14.2. The highest BCUT2D eigenvalue weighted by Gasteiger charge is 2.22. The molecule has 1 atom stereocenters. The zero-order valence-electron chi connectivity index (χ0n) is 9.45. The summed E-state index contributed by atoms with van der Waals surface area (Å²) in [4.78, 5) is 9.41. The van der Waals surface area contributed by atoms with Crippen molar-refractivity contribution in [2.45, 2.75) is 6.92 Å². The molecule has 8 heteroatoms. The van der Waals surface area contributed by atoms with Gasteiger partial charge in [0.15, 0.2) is 0 Å². The van der Waals surface area contributed by atoms with Gasteiger partial charge in [0.05, 0.1) is 6.26 Å². The lowest BCUT2D eigenvalue weighted by Crippen LogP contribution is -2.24. The molecule has 1 aromatic carbocycles. The first-order valence-electron chi connectivity index (χ1n) is 4.71. The lowest BCUT2D eigenvalue weighted by molar-refractivity contribution is 0.378. The van der Waals surface area contributed by atoms with Crippen molar-refractivity contribution in [3.63, 3.8) is 0 Å². The molecule has 0 fully saturated rings. The van der Waals surface area contributed by atoms with Gasteiger partial charge in [0, 0.05) is 0 Å². The lowest BCUT2D eigenvalue weighted by Gasteiger charge is -2.13. The molecule has 96 valence electrons. The molecule has 0 aliphatic heterocycles. The van der Waals surface area contributed by atoms with E-state index >= 15 is 0 Å². The normalized spacial score (nSPS) is 15.2. The Kier molecular flexibility index (Phi) is 4.32. The molecule has 1 aromatic rings. The number of nitrogens with one attached hydrogen (secondary N) is 1. The van der Waals surface area contributed by atoms with Crippen LogP contribution in [0.1, 0.15) is 5.56 Å². The molecule has 0 saturated heterocycles. The van der Waals surface area contributed by atoms with E-state index in [0.29, 0.717) is 0 Å². The van der Waals surface area contributed by atoms with Crippen molar-refractivity contribution >= 4 is 17.6 Å². The smallest absolute Gasteiger partial charge is 0.391 e. The van der Waals surface area contributed by atoms with E-state index in [0.717, 1.165) is 11.8 Å². The number of sulfonamides is 1. The minimum Gasteiger partial charge on any atom is -0.424 e. The molecule has 0 aliphatic carbocycles. The van der Waals surface area contributed by atoms with Crippen LogP contribution in [0.3, 0.4) is 0 Å². The maximum Gasteiger partial charge on any atom is 0.391 e. The third-order valence-corrected chi connectivity index (χ3v) is 3.73. The largest absolute Gasteiger partial charge is 0.424 e. The summed E-state index contributed by atoms with van der Waals surface area (Å²) in [5, 5.41) is 0. The molecule has 0 aliphatic rings. The second kappa shape index (κ2) is 5.18. The third kappa shape index (κ3) is 5.83. The monoisotopic (exact) mass is 279 g/mol. The SMILES string of the molecule is Cc1ccc(OP(=O)(O)CNS(C)(=O)=O)cc1. The minimum atomic E-state index is -4.02. The zero-order chi connectivity index (χ0) is 13.1. The summed E-state index contributed by atoms with van der Waals surface area (Å²) in [7, 11) is -7.53. The average Bonchev–Trinajstić information content (AvgIpc) is 2.18. The van der Waals surface area contributed by atoms with E-state index in [1.54, 1.807) is 24.3 Å². The highest BCUT2D eigenvalue weighted by Crippen LogP contribution is 2.41. The van der Waals surface area contributed by atoms with Crippen LogP contribution in [0.25, 0.3) is 0 Å². The van der Waals surface area contributed by atoms with Gasteiger partial charge in [0.1, 0.15) is 12.0 Å². The van der Waals surface area contributed by atoms with E-state index in [4.69, 9.17) is 4.52 Å². The van der Waals surface area contributed by atoms with E-state index in [-0.39, 0.29) is 5.75 Å². The van der Waals surface area contributed by atoms with Crippen LogP contribution in [0, 0.1) is 6.92 Å². The van der Waals surface area contributed by atoms with Crippen molar-refractivity contribution in [1.82, 2.24) is 4.72 Å². The maximum absolute atomic E-state index is 11.5. The fourth-order valence-corrected chi connectivity index (χ4v) is 3.10.